The highest BCUT2D eigenvalue weighted by molar-refractivity contribution is 5.79. The number of amides is 1. The number of hydrogen-bond donors (Lipinski definition) is 2. The lowest BCUT2D eigenvalue weighted by atomic mass is 9.68. The van der Waals surface area contributed by atoms with E-state index in [1.165, 1.54) is 30.4 Å². The Morgan fingerprint density at radius 1 is 1.28 bits per heavy atom. The van der Waals surface area contributed by atoms with E-state index in [9.17, 15) is 9.59 Å². The zero-order valence-electron chi connectivity index (χ0n) is 15.2. The van der Waals surface area contributed by atoms with Crippen molar-refractivity contribution in [3.63, 3.8) is 0 Å². The Morgan fingerprint density at radius 2 is 1.92 bits per heavy atom. The average Bonchev–Trinajstić information content (AvgIpc) is 3.04. The molecule has 0 saturated heterocycles. The molecule has 4 atom stereocenters. The fourth-order valence-corrected chi connectivity index (χ4v) is 4.29. The van der Waals surface area contributed by atoms with Crippen LogP contribution in [0, 0.1) is 17.8 Å². The van der Waals surface area contributed by atoms with E-state index in [4.69, 9.17) is 5.11 Å². The first-order chi connectivity index (χ1) is 11.8. The van der Waals surface area contributed by atoms with Crippen molar-refractivity contribution in [1.82, 2.24) is 20.3 Å². The SMILES string of the molecule is CC(C(=O)O)n1cc(C(C)(C)NC(=O)C2C[C@H]3CCC[C@@H](C2)C3)nn1. The molecule has 0 radical (unpaired) electrons. The number of aliphatic carboxylic acids is 1. The molecular formula is C18H28N4O3. The van der Waals surface area contributed by atoms with E-state index in [1.807, 2.05) is 13.8 Å². The highest BCUT2D eigenvalue weighted by Gasteiger charge is 2.37. The van der Waals surface area contributed by atoms with Crippen LogP contribution in [0.25, 0.3) is 0 Å². The fraction of sp³-hybridized carbons (Fsp3) is 0.778. The van der Waals surface area contributed by atoms with Gasteiger partial charge in [0.1, 0.15) is 11.7 Å². The van der Waals surface area contributed by atoms with Gasteiger partial charge in [0.05, 0.1) is 11.7 Å². The van der Waals surface area contributed by atoms with Gasteiger partial charge in [-0.1, -0.05) is 24.5 Å². The van der Waals surface area contributed by atoms with Crippen LogP contribution in [0.5, 0.6) is 0 Å². The first-order valence-electron chi connectivity index (χ1n) is 9.23. The number of rotatable bonds is 5. The Balaban J connectivity index is 1.66. The molecule has 2 aliphatic rings. The zero-order chi connectivity index (χ0) is 18.2. The number of carbonyl (C=O) groups is 2. The Kier molecular flexibility index (Phi) is 4.84. The largest absolute Gasteiger partial charge is 0.480 e. The summed E-state index contributed by atoms with van der Waals surface area (Å²) >= 11 is 0. The fourth-order valence-electron chi connectivity index (χ4n) is 4.29. The summed E-state index contributed by atoms with van der Waals surface area (Å²) in [6.45, 7) is 5.32. The van der Waals surface area contributed by atoms with E-state index in [0.29, 0.717) is 17.5 Å². The quantitative estimate of drug-likeness (QED) is 0.852. The van der Waals surface area contributed by atoms with Crippen molar-refractivity contribution in [2.75, 3.05) is 0 Å². The summed E-state index contributed by atoms with van der Waals surface area (Å²) in [7, 11) is 0. The number of nitrogens with zero attached hydrogens (tertiary/aromatic N) is 3. The molecule has 3 rings (SSSR count). The second-order valence-electron chi connectivity index (χ2n) is 8.28. The van der Waals surface area contributed by atoms with Crippen LogP contribution in [0.15, 0.2) is 6.20 Å². The lowest BCUT2D eigenvalue weighted by molar-refractivity contribution is -0.140. The van der Waals surface area contributed by atoms with Crippen molar-refractivity contribution in [3.05, 3.63) is 11.9 Å². The normalized spacial score (nSPS) is 27.6. The van der Waals surface area contributed by atoms with Crippen LogP contribution in [0.1, 0.15) is 71.0 Å². The molecule has 1 amide bonds. The molecule has 2 N–H and O–H groups in total. The van der Waals surface area contributed by atoms with Gasteiger partial charge in [0.2, 0.25) is 5.91 Å². The van der Waals surface area contributed by atoms with Gasteiger partial charge in [-0.05, 0) is 51.9 Å². The molecule has 138 valence electrons. The number of carboxylic acids is 1. The standard InChI is InChI=1S/C18H28N4O3/c1-11(17(24)25)22-10-15(20-21-22)18(2,3)19-16(23)14-8-12-5-4-6-13(7-12)9-14/h10-14H,4-9H2,1-3H3,(H,19,23)(H,24,25)/t11?,12-,13+,14?. The molecule has 0 aromatic carbocycles. The van der Waals surface area contributed by atoms with E-state index in [-0.39, 0.29) is 11.8 Å². The minimum atomic E-state index is -0.966. The number of carboxylic acid groups (broad SMARTS) is 1. The Hall–Kier alpha value is -1.92. The molecule has 2 saturated carbocycles. The van der Waals surface area contributed by atoms with Crippen molar-refractivity contribution in [1.29, 1.82) is 0 Å². The summed E-state index contributed by atoms with van der Waals surface area (Å²) in [5.41, 5.74) is -0.106. The first kappa shape index (κ1) is 17.9. The Labute approximate surface area is 148 Å². The van der Waals surface area contributed by atoms with Crippen molar-refractivity contribution >= 4 is 11.9 Å². The van der Waals surface area contributed by atoms with Crippen LogP contribution in [-0.2, 0) is 15.1 Å². The highest BCUT2D eigenvalue weighted by atomic mass is 16.4. The number of aromatic nitrogens is 3. The topological polar surface area (TPSA) is 97.1 Å². The molecule has 1 heterocycles. The summed E-state index contributed by atoms with van der Waals surface area (Å²) in [5.74, 6) is 0.595. The molecule has 2 aliphatic carbocycles. The number of nitrogens with one attached hydrogen (secondary N) is 1. The summed E-state index contributed by atoms with van der Waals surface area (Å²) in [6.07, 6.45) is 8.68. The van der Waals surface area contributed by atoms with E-state index in [0.717, 1.165) is 12.8 Å². The lowest BCUT2D eigenvalue weighted by Gasteiger charge is -2.39. The Bertz CT molecular complexity index is 643. The molecule has 0 spiro atoms. The van der Waals surface area contributed by atoms with Gasteiger partial charge in [-0.25, -0.2) is 9.48 Å². The molecule has 7 heteroatoms. The van der Waals surface area contributed by atoms with E-state index in [2.05, 4.69) is 15.6 Å². The van der Waals surface area contributed by atoms with Crippen LogP contribution in [0.3, 0.4) is 0 Å². The van der Waals surface area contributed by atoms with Crippen molar-refractivity contribution in [2.24, 2.45) is 17.8 Å². The van der Waals surface area contributed by atoms with Gasteiger partial charge in [0.15, 0.2) is 0 Å². The predicted molar refractivity (Wildman–Crippen MR) is 91.7 cm³/mol. The maximum Gasteiger partial charge on any atom is 0.328 e. The molecule has 2 unspecified atom stereocenters. The number of fused-ring (bicyclic) bond motifs is 2. The average molecular weight is 348 g/mol. The third-order valence-electron chi connectivity index (χ3n) is 5.84. The molecule has 1 aromatic heterocycles. The number of carbonyl (C=O) groups excluding carboxylic acids is 1. The van der Waals surface area contributed by atoms with Gasteiger partial charge in [-0.15, -0.1) is 5.10 Å². The molecule has 0 aliphatic heterocycles. The van der Waals surface area contributed by atoms with E-state index >= 15 is 0 Å². The van der Waals surface area contributed by atoms with Gasteiger partial charge >= 0.3 is 5.97 Å². The molecule has 7 nitrogen and oxygen atoms in total. The monoisotopic (exact) mass is 348 g/mol. The van der Waals surface area contributed by atoms with Gasteiger partial charge in [0, 0.05) is 5.92 Å². The van der Waals surface area contributed by atoms with E-state index < -0.39 is 17.6 Å². The van der Waals surface area contributed by atoms with Gasteiger partial charge in [-0.2, -0.15) is 0 Å². The van der Waals surface area contributed by atoms with Gasteiger partial charge in [0.25, 0.3) is 0 Å². The summed E-state index contributed by atoms with van der Waals surface area (Å²) in [4.78, 5) is 23.9. The van der Waals surface area contributed by atoms with Gasteiger partial charge in [-0.3, -0.25) is 4.79 Å². The minimum Gasteiger partial charge on any atom is -0.480 e. The highest BCUT2D eigenvalue weighted by Crippen LogP contribution is 2.42. The summed E-state index contributed by atoms with van der Waals surface area (Å²) < 4.78 is 1.32. The summed E-state index contributed by atoms with van der Waals surface area (Å²) in [6, 6.07) is -0.787. The van der Waals surface area contributed by atoms with Gasteiger partial charge < -0.3 is 10.4 Å². The van der Waals surface area contributed by atoms with Crippen LogP contribution in [-0.4, -0.2) is 32.0 Å². The molecule has 2 bridgehead atoms. The smallest absolute Gasteiger partial charge is 0.328 e. The van der Waals surface area contributed by atoms with Crippen molar-refractivity contribution < 1.29 is 14.7 Å². The third-order valence-corrected chi connectivity index (χ3v) is 5.84. The molecular weight excluding hydrogens is 320 g/mol. The maximum atomic E-state index is 12.8. The third kappa shape index (κ3) is 3.85. The van der Waals surface area contributed by atoms with Crippen LogP contribution < -0.4 is 5.32 Å². The second kappa shape index (κ2) is 6.77. The van der Waals surface area contributed by atoms with Crippen LogP contribution in [0.4, 0.5) is 0 Å². The first-order valence-corrected chi connectivity index (χ1v) is 9.23. The molecule has 25 heavy (non-hydrogen) atoms. The lowest BCUT2D eigenvalue weighted by Crippen LogP contribution is -2.46. The summed E-state index contributed by atoms with van der Waals surface area (Å²) in [5, 5.41) is 20.2. The van der Waals surface area contributed by atoms with Crippen molar-refractivity contribution in [2.45, 2.75) is 70.9 Å². The second-order valence-corrected chi connectivity index (χ2v) is 8.28. The maximum absolute atomic E-state index is 12.8. The van der Waals surface area contributed by atoms with E-state index in [1.54, 1.807) is 13.1 Å². The molecule has 1 aromatic rings. The zero-order valence-corrected chi connectivity index (χ0v) is 15.2. The number of hydrogen-bond acceptors (Lipinski definition) is 4. The molecule has 2 fully saturated rings. The van der Waals surface area contributed by atoms with Crippen LogP contribution in [0.2, 0.25) is 0 Å². The predicted octanol–water partition coefficient (Wildman–Crippen LogP) is 2.49. The Morgan fingerprint density at radius 3 is 2.52 bits per heavy atom. The van der Waals surface area contributed by atoms with Crippen LogP contribution >= 0.6 is 0 Å². The minimum absolute atomic E-state index is 0.0799. The van der Waals surface area contributed by atoms with Crippen molar-refractivity contribution in [3.8, 4) is 0 Å².